The average Bonchev–Trinajstić information content (AvgIpc) is 3.48. The van der Waals surface area contributed by atoms with Gasteiger partial charge in [-0.3, -0.25) is 4.79 Å². The van der Waals surface area contributed by atoms with Crippen molar-refractivity contribution in [3.8, 4) is 16.2 Å². The molecule has 0 radical (unpaired) electrons. The summed E-state index contributed by atoms with van der Waals surface area (Å²) < 4.78 is 18.1. The summed E-state index contributed by atoms with van der Waals surface area (Å²) in [6.07, 6.45) is 4.64. The van der Waals surface area contributed by atoms with E-state index in [1.807, 2.05) is 31.4 Å². The van der Waals surface area contributed by atoms with Crippen LogP contribution in [0, 0.1) is 0 Å². The first-order valence-corrected chi connectivity index (χ1v) is 12.9. The number of thiophene rings is 1. The zero-order chi connectivity index (χ0) is 25.8. The molecule has 0 aliphatic heterocycles. The van der Waals surface area contributed by atoms with Crippen molar-refractivity contribution in [2.24, 2.45) is 0 Å². The van der Waals surface area contributed by atoms with Crippen molar-refractivity contribution in [2.75, 3.05) is 14.2 Å². The van der Waals surface area contributed by atoms with Crippen molar-refractivity contribution in [3.63, 3.8) is 0 Å². The van der Waals surface area contributed by atoms with E-state index in [4.69, 9.17) is 14.2 Å². The molecule has 1 amide bonds. The molecule has 3 aromatic rings. The van der Waals surface area contributed by atoms with Crippen LogP contribution in [0.2, 0.25) is 0 Å². The fraction of sp³-hybridized carbons (Fsp3) is 0.444. The first-order valence-electron chi connectivity index (χ1n) is 12.0. The Balaban J connectivity index is 1.50. The first kappa shape index (κ1) is 24.4. The molecule has 1 aromatic carbocycles. The van der Waals surface area contributed by atoms with Gasteiger partial charge in [0.15, 0.2) is 5.75 Å². The van der Waals surface area contributed by atoms with Crippen molar-refractivity contribution in [3.05, 3.63) is 50.6 Å². The van der Waals surface area contributed by atoms with Gasteiger partial charge in [-0.1, -0.05) is 0 Å². The number of esters is 1. The number of methoxy groups -OCH3 is 2. The Morgan fingerprint density at radius 3 is 2.50 bits per heavy atom. The summed E-state index contributed by atoms with van der Waals surface area (Å²) in [7, 11) is 2.89. The quantitative estimate of drug-likeness (QED) is 0.493. The number of carbonyl (C=O) groups excluding carboxylic acids is 2. The Hall–Kier alpha value is -3.33. The third-order valence-electron chi connectivity index (χ3n) is 6.48. The van der Waals surface area contributed by atoms with Crippen LogP contribution in [-0.2, 0) is 22.3 Å². The molecule has 1 N–H and O–H groups in total. The second-order valence-corrected chi connectivity index (χ2v) is 11.5. The maximum atomic E-state index is 13.2. The van der Waals surface area contributed by atoms with Crippen LogP contribution in [0.4, 0.5) is 4.79 Å². The van der Waals surface area contributed by atoms with Crippen LogP contribution in [0.1, 0.15) is 60.5 Å². The third kappa shape index (κ3) is 4.48. The van der Waals surface area contributed by atoms with Gasteiger partial charge < -0.3 is 24.1 Å². The van der Waals surface area contributed by atoms with E-state index in [9.17, 15) is 14.4 Å². The second-order valence-electron chi connectivity index (χ2n) is 10.4. The van der Waals surface area contributed by atoms with Crippen LogP contribution in [0.15, 0.2) is 29.2 Å². The molecule has 9 heteroatoms. The minimum absolute atomic E-state index is 0.00504. The summed E-state index contributed by atoms with van der Waals surface area (Å²) in [6, 6.07) is 6.03. The van der Waals surface area contributed by atoms with Crippen LogP contribution in [0.5, 0.6) is 5.75 Å². The van der Waals surface area contributed by atoms with Gasteiger partial charge in [-0.05, 0) is 63.8 Å². The van der Waals surface area contributed by atoms with Gasteiger partial charge in [-0.15, -0.1) is 11.3 Å². The molecule has 0 bridgehead atoms. The molecule has 190 valence electrons. The number of ether oxygens (including phenoxy) is 3. The fourth-order valence-corrected chi connectivity index (χ4v) is 6.09. The van der Waals surface area contributed by atoms with Gasteiger partial charge in [0.25, 0.3) is 0 Å². The van der Waals surface area contributed by atoms with Gasteiger partial charge in [0, 0.05) is 40.0 Å². The molecule has 2 aliphatic rings. The Kier molecular flexibility index (Phi) is 6.06. The van der Waals surface area contributed by atoms with Gasteiger partial charge in [0.2, 0.25) is 5.43 Å². The number of fused-ring (bicyclic) bond motifs is 2. The van der Waals surface area contributed by atoms with E-state index in [0.29, 0.717) is 16.7 Å². The lowest BCUT2D eigenvalue weighted by atomic mass is 10.0. The molecule has 2 heterocycles. The lowest BCUT2D eigenvalue weighted by molar-refractivity contribution is 0.0505. The van der Waals surface area contributed by atoms with E-state index in [1.165, 1.54) is 17.6 Å². The minimum Gasteiger partial charge on any atom is -0.494 e. The van der Waals surface area contributed by atoms with Crippen molar-refractivity contribution in [1.29, 1.82) is 0 Å². The number of hydrogen-bond donors (Lipinski definition) is 1. The highest BCUT2D eigenvalue weighted by Gasteiger charge is 2.31. The molecule has 1 fully saturated rings. The van der Waals surface area contributed by atoms with Crippen LogP contribution in [0.25, 0.3) is 21.3 Å². The monoisotopic (exact) mass is 510 g/mol. The van der Waals surface area contributed by atoms with E-state index < -0.39 is 17.7 Å². The highest BCUT2D eigenvalue weighted by molar-refractivity contribution is 7.15. The Morgan fingerprint density at radius 1 is 1.14 bits per heavy atom. The molecule has 0 saturated heterocycles. The Morgan fingerprint density at radius 2 is 1.89 bits per heavy atom. The van der Waals surface area contributed by atoms with Gasteiger partial charge in [0.1, 0.15) is 11.2 Å². The summed E-state index contributed by atoms with van der Waals surface area (Å²) in [4.78, 5) is 39.9. The summed E-state index contributed by atoms with van der Waals surface area (Å²) >= 11 is 1.67. The summed E-state index contributed by atoms with van der Waals surface area (Å²) in [5, 5.41) is 3.41. The molecule has 2 aromatic heterocycles. The molecular formula is C27H30N2O6S. The smallest absolute Gasteiger partial charge is 0.407 e. The number of hydrogen-bond acceptors (Lipinski definition) is 7. The summed E-state index contributed by atoms with van der Waals surface area (Å²) in [6.45, 7) is 5.54. The topological polar surface area (TPSA) is 95.9 Å². The van der Waals surface area contributed by atoms with Crippen LogP contribution in [0.3, 0.4) is 0 Å². The number of aromatic nitrogens is 1. The molecule has 1 saturated carbocycles. The lowest BCUT2D eigenvalue weighted by Gasteiger charge is -2.21. The second kappa shape index (κ2) is 8.96. The first-order chi connectivity index (χ1) is 17.1. The normalized spacial score (nSPS) is 17.1. The Labute approximate surface area is 213 Å². The maximum absolute atomic E-state index is 13.2. The zero-order valence-corrected chi connectivity index (χ0v) is 21.9. The van der Waals surface area contributed by atoms with Gasteiger partial charge >= 0.3 is 12.1 Å². The predicted octanol–water partition coefficient (Wildman–Crippen LogP) is 4.85. The van der Waals surface area contributed by atoms with Gasteiger partial charge in [-0.25, -0.2) is 9.59 Å². The minimum atomic E-state index is -0.636. The van der Waals surface area contributed by atoms with Crippen LogP contribution < -0.4 is 15.5 Å². The largest absolute Gasteiger partial charge is 0.494 e. The number of nitrogens with one attached hydrogen (secondary N) is 1. The highest BCUT2D eigenvalue weighted by atomic mass is 32.1. The average molecular weight is 511 g/mol. The molecule has 36 heavy (non-hydrogen) atoms. The lowest BCUT2D eigenvalue weighted by Crippen LogP contribution is -2.39. The number of pyridine rings is 1. The van der Waals surface area contributed by atoms with Crippen LogP contribution >= 0.6 is 11.3 Å². The van der Waals surface area contributed by atoms with Gasteiger partial charge in [-0.2, -0.15) is 0 Å². The van der Waals surface area contributed by atoms with Crippen molar-refractivity contribution in [2.45, 2.75) is 64.1 Å². The number of alkyl carbamates (subject to hydrolysis) is 1. The Bertz CT molecular complexity index is 1400. The number of benzene rings is 1. The standard InChI is InChI=1S/C27H30N2O6S/c1-27(2,3)35-26(32)28-15-10-14-11-21(36-20(14)12-15)17-8-9-18-22(24(17)33-4)29(16-6-7-16)13-19(23(18)30)25(31)34-5/h8-9,11,13,15-16H,6-7,10,12H2,1-5H3,(H,28,32). The van der Waals surface area contributed by atoms with Crippen molar-refractivity contribution < 1.29 is 23.8 Å². The molecule has 1 unspecified atom stereocenters. The summed E-state index contributed by atoms with van der Waals surface area (Å²) in [5.74, 6) is -0.0140. The SMILES string of the molecule is COC(=O)c1cn(C2CC2)c2c(OC)c(-c3cc4c(s3)CC(NC(=O)OC(C)(C)C)C4)ccc2c1=O. The molecule has 0 spiro atoms. The van der Waals surface area contributed by atoms with E-state index in [2.05, 4.69) is 11.4 Å². The fourth-order valence-electron chi connectivity index (χ4n) is 4.80. The molecular weight excluding hydrogens is 480 g/mol. The van der Waals surface area contributed by atoms with Gasteiger partial charge in [0.05, 0.1) is 25.1 Å². The molecule has 1 atom stereocenters. The van der Waals surface area contributed by atoms with E-state index in [0.717, 1.165) is 36.1 Å². The third-order valence-corrected chi connectivity index (χ3v) is 7.71. The zero-order valence-electron chi connectivity index (χ0n) is 21.1. The van der Waals surface area contributed by atoms with Crippen LogP contribution in [-0.4, -0.2) is 42.5 Å². The molecule has 2 aliphatic carbocycles. The highest BCUT2D eigenvalue weighted by Crippen LogP contribution is 2.45. The van der Waals surface area contributed by atoms with Crippen molar-refractivity contribution in [1.82, 2.24) is 9.88 Å². The van der Waals surface area contributed by atoms with E-state index in [-0.39, 0.29) is 23.1 Å². The van der Waals surface area contributed by atoms with Crippen molar-refractivity contribution >= 4 is 34.3 Å². The molecule has 8 nitrogen and oxygen atoms in total. The number of carbonyl (C=O) groups is 2. The molecule has 5 rings (SSSR count). The number of nitrogens with zero attached hydrogens (tertiary/aromatic N) is 1. The number of amides is 1. The van der Waals surface area contributed by atoms with E-state index in [1.54, 1.807) is 30.7 Å². The van der Waals surface area contributed by atoms with E-state index >= 15 is 0 Å². The number of rotatable bonds is 5. The summed E-state index contributed by atoms with van der Waals surface area (Å²) in [5.41, 5.74) is 1.94. The predicted molar refractivity (Wildman–Crippen MR) is 138 cm³/mol. The maximum Gasteiger partial charge on any atom is 0.407 e.